The van der Waals surface area contributed by atoms with Crippen LogP contribution in [0.3, 0.4) is 0 Å². The molecular formula is C15H23N. The third-order valence-corrected chi connectivity index (χ3v) is 2.79. The second kappa shape index (κ2) is 7.00. The molecule has 0 fully saturated rings. The summed E-state index contributed by atoms with van der Waals surface area (Å²) in [6.07, 6.45) is 10.9. The van der Waals surface area contributed by atoms with Crippen LogP contribution in [0.15, 0.2) is 53.2 Å². The zero-order valence-electron chi connectivity index (χ0n) is 11.0. The van der Waals surface area contributed by atoms with Gasteiger partial charge < -0.3 is 0 Å². The molecular weight excluding hydrogens is 194 g/mol. The molecule has 16 heavy (non-hydrogen) atoms. The highest BCUT2D eigenvalue weighted by Gasteiger charge is 2.22. The Morgan fingerprint density at radius 2 is 1.94 bits per heavy atom. The summed E-state index contributed by atoms with van der Waals surface area (Å²) in [7, 11) is 0. The smallest absolute Gasteiger partial charge is 0.0659 e. The molecule has 0 aromatic rings. The van der Waals surface area contributed by atoms with Gasteiger partial charge in [-0.25, -0.2) is 0 Å². The Bertz CT molecular complexity index is 327. The molecule has 0 heterocycles. The van der Waals surface area contributed by atoms with Crippen molar-refractivity contribution in [1.82, 2.24) is 0 Å². The zero-order chi connectivity index (χ0) is 12.6. The molecule has 0 saturated carbocycles. The lowest BCUT2D eigenvalue weighted by molar-refractivity contribution is 0.434. The van der Waals surface area contributed by atoms with Gasteiger partial charge in [0.15, 0.2) is 0 Å². The number of nitrogens with zero attached hydrogens (tertiary/aromatic N) is 1. The van der Waals surface area contributed by atoms with E-state index in [4.69, 9.17) is 0 Å². The van der Waals surface area contributed by atoms with E-state index in [2.05, 4.69) is 45.1 Å². The lowest BCUT2D eigenvalue weighted by Crippen LogP contribution is -2.14. The van der Waals surface area contributed by atoms with Crippen LogP contribution in [0, 0.1) is 5.41 Å². The van der Waals surface area contributed by atoms with Crippen molar-refractivity contribution in [2.24, 2.45) is 10.4 Å². The van der Waals surface area contributed by atoms with Crippen molar-refractivity contribution < 1.29 is 0 Å². The fourth-order valence-electron chi connectivity index (χ4n) is 1.38. The van der Waals surface area contributed by atoms with Crippen molar-refractivity contribution in [2.45, 2.75) is 34.1 Å². The van der Waals surface area contributed by atoms with E-state index in [1.807, 2.05) is 25.2 Å². The minimum atomic E-state index is 0.0928. The first kappa shape index (κ1) is 14.6. The van der Waals surface area contributed by atoms with Crippen LogP contribution in [0.5, 0.6) is 0 Å². The highest BCUT2D eigenvalue weighted by Crippen LogP contribution is 2.35. The molecule has 0 aliphatic rings. The zero-order valence-corrected chi connectivity index (χ0v) is 11.0. The first-order valence-corrected chi connectivity index (χ1v) is 5.66. The van der Waals surface area contributed by atoms with E-state index in [-0.39, 0.29) is 5.41 Å². The summed E-state index contributed by atoms with van der Waals surface area (Å²) in [6.45, 7) is 15.9. The quantitative estimate of drug-likeness (QED) is 0.452. The van der Waals surface area contributed by atoms with Crippen LogP contribution in [-0.2, 0) is 0 Å². The van der Waals surface area contributed by atoms with E-state index >= 15 is 0 Å². The van der Waals surface area contributed by atoms with E-state index < -0.39 is 0 Å². The van der Waals surface area contributed by atoms with E-state index in [1.165, 1.54) is 5.57 Å². The first-order chi connectivity index (χ1) is 7.53. The van der Waals surface area contributed by atoms with Crippen molar-refractivity contribution >= 4 is 6.72 Å². The Hall–Kier alpha value is -1.37. The van der Waals surface area contributed by atoms with Crippen LogP contribution >= 0.6 is 0 Å². The number of aliphatic imine (C=N–C) groups is 1. The van der Waals surface area contributed by atoms with Gasteiger partial charge in [0, 0.05) is 0 Å². The molecule has 0 radical (unpaired) electrons. The maximum Gasteiger partial charge on any atom is 0.0659 e. The van der Waals surface area contributed by atoms with Crippen LogP contribution in [-0.4, -0.2) is 6.72 Å². The number of rotatable bonds is 6. The van der Waals surface area contributed by atoms with Crippen molar-refractivity contribution in [3.63, 3.8) is 0 Å². The molecule has 0 unspecified atom stereocenters. The minimum absolute atomic E-state index is 0.0928. The molecule has 0 atom stereocenters. The molecule has 0 rings (SSSR count). The molecule has 1 nitrogen and oxygen atoms in total. The number of hydrogen-bond donors (Lipinski definition) is 0. The monoisotopic (exact) mass is 217 g/mol. The van der Waals surface area contributed by atoms with Gasteiger partial charge in [0.2, 0.25) is 0 Å². The molecule has 0 saturated heterocycles. The summed E-state index contributed by atoms with van der Waals surface area (Å²) < 4.78 is 0. The average molecular weight is 217 g/mol. The summed E-state index contributed by atoms with van der Waals surface area (Å²) in [6, 6.07) is 0. The summed E-state index contributed by atoms with van der Waals surface area (Å²) in [4.78, 5) is 4.08. The third kappa shape index (κ3) is 4.01. The minimum Gasteiger partial charge on any atom is -0.264 e. The fraction of sp³-hybridized carbons (Fsp3) is 0.400. The standard InChI is InChI=1S/C15H23N/c1-7-10-12-13(15(4,5)9-3)14(16-6)11-8-2/h7-8,10-12H,2,6,9H2,1,3-5H3/b10-7-,13-12+,14-11-. The van der Waals surface area contributed by atoms with E-state index in [9.17, 15) is 0 Å². The van der Waals surface area contributed by atoms with Gasteiger partial charge in [0.05, 0.1) is 5.70 Å². The molecule has 0 aromatic carbocycles. The topological polar surface area (TPSA) is 12.4 Å². The third-order valence-electron chi connectivity index (χ3n) is 2.79. The Balaban J connectivity index is 5.49. The Morgan fingerprint density at radius 1 is 1.31 bits per heavy atom. The second-order valence-corrected chi connectivity index (χ2v) is 4.29. The maximum absolute atomic E-state index is 4.08. The summed E-state index contributed by atoms with van der Waals surface area (Å²) in [5, 5.41) is 0. The Morgan fingerprint density at radius 3 is 2.31 bits per heavy atom. The van der Waals surface area contributed by atoms with Gasteiger partial charge in [-0.2, -0.15) is 0 Å². The van der Waals surface area contributed by atoms with Crippen LogP contribution in [0.1, 0.15) is 34.1 Å². The SMILES string of the molecule is C=C/C=C(N=C)/C(=C\C=C/C)C(C)(C)CC. The lowest BCUT2D eigenvalue weighted by atomic mass is 9.79. The highest BCUT2D eigenvalue weighted by molar-refractivity contribution is 5.44. The van der Waals surface area contributed by atoms with Gasteiger partial charge in [-0.05, 0) is 37.1 Å². The van der Waals surface area contributed by atoms with E-state index in [0.29, 0.717) is 0 Å². The summed E-state index contributed by atoms with van der Waals surface area (Å²) in [5.74, 6) is 0. The molecule has 0 aliphatic carbocycles. The molecule has 0 N–H and O–H groups in total. The summed E-state index contributed by atoms with van der Waals surface area (Å²) >= 11 is 0. The molecule has 0 spiro atoms. The maximum atomic E-state index is 4.08. The van der Waals surface area contributed by atoms with Gasteiger partial charge in [-0.1, -0.05) is 51.7 Å². The van der Waals surface area contributed by atoms with Crippen LogP contribution in [0.2, 0.25) is 0 Å². The second-order valence-electron chi connectivity index (χ2n) is 4.29. The van der Waals surface area contributed by atoms with Gasteiger partial charge >= 0.3 is 0 Å². The first-order valence-electron chi connectivity index (χ1n) is 5.66. The largest absolute Gasteiger partial charge is 0.264 e. The molecule has 0 aliphatic heterocycles. The lowest BCUT2D eigenvalue weighted by Gasteiger charge is -2.26. The molecule has 88 valence electrons. The van der Waals surface area contributed by atoms with E-state index in [1.54, 1.807) is 6.08 Å². The van der Waals surface area contributed by atoms with Gasteiger partial charge in [-0.3, -0.25) is 4.99 Å². The van der Waals surface area contributed by atoms with Gasteiger partial charge in [0.25, 0.3) is 0 Å². The van der Waals surface area contributed by atoms with Gasteiger partial charge in [0.1, 0.15) is 0 Å². The molecule has 0 amide bonds. The molecule has 0 bridgehead atoms. The number of hydrogen-bond acceptors (Lipinski definition) is 1. The van der Waals surface area contributed by atoms with Crippen LogP contribution in [0.25, 0.3) is 0 Å². The van der Waals surface area contributed by atoms with Crippen LogP contribution in [0.4, 0.5) is 0 Å². The fourth-order valence-corrected chi connectivity index (χ4v) is 1.38. The van der Waals surface area contributed by atoms with Crippen molar-refractivity contribution in [3.8, 4) is 0 Å². The van der Waals surface area contributed by atoms with Crippen molar-refractivity contribution in [1.29, 1.82) is 0 Å². The molecule has 0 aromatic heterocycles. The van der Waals surface area contributed by atoms with Gasteiger partial charge in [-0.15, -0.1) is 0 Å². The summed E-state index contributed by atoms with van der Waals surface area (Å²) in [5.41, 5.74) is 2.19. The predicted molar refractivity (Wildman–Crippen MR) is 74.8 cm³/mol. The normalized spacial score (nSPS) is 14.2. The molecule has 1 heteroatoms. The van der Waals surface area contributed by atoms with Crippen molar-refractivity contribution in [3.05, 3.63) is 48.2 Å². The Kier molecular flexibility index (Phi) is 6.40. The predicted octanol–water partition coefficient (Wildman–Crippen LogP) is 4.70. The Labute approximate surface area is 100.0 Å². The van der Waals surface area contributed by atoms with Crippen molar-refractivity contribution in [2.75, 3.05) is 0 Å². The van der Waals surface area contributed by atoms with E-state index in [0.717, 1.165) is 12.1 Å². The van der Waals surface area contributed by atoms with Crippen LogP contribution < -0.4 is 0 Å². The average Bonchev–Trinajstić information content (AvgIpc) is 2.27. The number of allylic oxidation sites excluding steroid dienone is 6. The highest BCUT2D eigenvalue weighted by atomic mass is 14.7.